The van der Waals surface area contributed by atoms with E-state index in [0.29, 0.717) is 0 Å². The van der Waals surface area contributed by atoms with Gasteiger partial charge in [-0.2, -0.15) is 0 Å². The third kappa shape index (κ3) is 6.29. The Balaban J connectivity index is 0.922. The Morgan fingerprint density at radius 2 is 0.899 bits per heavy atom. The fourth-order valence-corrected chi connectivity index (χ4v) is 11.0. The molecule has 0 aliphatic rings. The molecular weight excluding hydrogens is 837 g/mol. The van der Waals surface area contributed by atoms with Gasteiger partial charge in [0.15, 0.2) is 0 Å². The number of rotatable bonds is 7. The molecule has 2 aromatic heterocycles. The van der Waals surface area contributed by atoms with Gasteiger partial charge >= 0.3 is 0 Å². The van der Waals surface area contributed by atoms with E-state index in [-0.39, 0.29) is 0 Å². The van der Waals surface area contributed by atoms with Crippen molar-refractivity contribution in [1.29, 1.82) is 0 Å². The third-order valence-corrected chi connectivity index (χ3v) is 14.2. The average Bonchev–Trinajstić information content (AvgIpc) is 3.98. The number of fused-ring (bicyclic) bond motifs is 11. The normalized spacial score (nSPS) is 11.8. The molecule has 0 atom stereocenters. The van der Waals surface area contributed by atoms with Crippen LogP contribution in [0.3, 0.4) is 0 Å². The van der Waals surface area contributed by atoms with Gasteiger partial charge in [-0.1, -0.05) is 182 Å². The number of benzene rings is 12. The first-order valence-electron chi connectivity index (χ1n) is 23.7. The van der Waals surface area contributed by atoms with Crippen LogP contribution >= 0.6 is 0 Å². The maximum absolute atomic E-state index is 6.72. The lowest BCUT2D eigenvalue weighted by Gasteiger charge is -2.28. The molecule has 2 heterocycles. The van der Waals surface area contributed by atoms with E-state index < -0.39 is 0 Å². The van der Waals surface area contributed by atoms with Crippen molar-refractivity contribution in [3.8, 4) is 39.1 Å². The van der Waals surface area contributed by atoms with Crippen LogP contribution in [0.1, 0.15) is 0 Å². The van der Waals surface area contributed by atoms with Gasteiger partial charge in [0.1, 0.15) is 11.2 Å². The summed E-state index contributed by atoms with van der Waals surface area (Å²) < 4.78 is 9.11. The summed E-state index contributed by atoms with van der Waals surface area (Å²) >= 11 is 0. The Morgan fingerprint density at radius 3 is 1.65 bits per heavy atom. The number of para-hydroxylation sites is 3. The SMILES string of the molecule is c1cc(-c2ccc(N(c3ccc(-c4cc5ccccc5c5ccccc45)cc3)c3ccccc3-c3cccc4oc5c6ccccc6ccc5c34)cc2)cc(-n2c3ccccc3c3ccccc32)c1. The summed E-state index contributed by atoms with van der Waals surface area (Å²) in [5.74, 6) is 0. The summed E-state index contributed by atoms with van der Waals surface area (Å²) in [6.45, 7) is 0. The van der Waals surface area contributed by atoms with Gasteiger partial charge in [0.2, 0.25) is 0 Å². The van der Waals surface area contributed by atoms with E-state index in [1.165, 1.54) is 59.9 Å². The van der Waals surface area contributed by atoms with Crippen LogP contribution in [0.5, 0.6) is 0 Å². The van der Waals surface area contributed by atoms with Crippen molar-refractivity contribution in [2.45, 2.75) is 0 Å². The molecule has 0 saturated carbocycles. The van der Waals surface area contributed by atoms with Crippen molar-refractivity contribution in [3.63, 3.8) is 0 Å². The van der Waals surface area contributed by atoms with Crippen LogP contribution in [0.2, 0.25) is 0 Å². The van der Waals surface area contributed by atoms with Crippen LogP contribution in [0, 0.1) is 0 Å². The van der Waals surface area contributed by atoms with E-state index >= 15 is 0 Å². The molecule has 0 bridgehead atoms. The van der Waals surface area contributed by atoms with E-state index in [9.17, 15) is 0 Å². The molecular formula is C66H42N2O. The maximum Gasteiger partial charge on any atom is 0.143 e. The molecule has 0 spiro atoms. The van der Waals surface area contributed by atoms with E-state index in [1.54, 1.807) is 0 Å². The number of nitrogens with zero attached hydrogens (tertiary/aromatic N) is 2. The lowest BCUT2D eigenvalue weighted by molar-refractivity contribution is 0.673. The van der Waals surface area contributed by atoms with Gasteiger partial charge in [0.25, 0.3) is 0 Å². The van der Waals surface area contributed by atoms with Crippen LogP contribution in [-0.4, -0.2) is 4.57 Å². The minimum absolute atomic E-state index is 0.875. The van der Waals surface area contributed by atoms with Crippen LogP contribution in [0.25, 0.3) is 115 Å². The summed E-state index contributed by atoms with van der Waals surface area (Å²) in [7, 11) is 0. The number of hydrogen-bond acceptors (Lipinski definition) is 2. The molecule has 0 aliphatic carbocycles. The lowest BCUT2D eigenvalue weighted by Crippen LogP contribution is -2.11. The van der Waals surface area contributed by atoms with E-state index in [1.807, 2.05) is 0 Å². The fourth-order valence-electron chi connectivity index (χ4n) is 11.0. The third-order valence-electron chi connectivity index (χ3n) is 14.2. The average molecular weight is 879 g/mol. The summed E-state index contributed by atoms with van der Waals surface area (Å²) in [4.78, 5) is 2.41. The monoisotopic (exact) mass is 878 g/mol. The summed E-state index contributed by atoms with van der Waals surface area (Å²) in [5, 5.41) is 12.0. The molecule has 0 fully saturated rings. The highest BCUT2D eigenvalue weighted by Gasteiger charge is 2.22. The maximum atomic E-state index is 6.72. The van der Waals surface area contributed by atoms with Gasteiger partial charge in [-0.15, -0.1) is 0 Å². The molecule has 0 aliphatic heterocycles. The number of aromatic nitrogens is 1. The molecule has 0 saturated heterocycles. The lowest BCUT2D eigenvalue weighted by atomic mass is 9.93. The van der Waals surface area contributed by atoms with Crippen molar-refractivity contribution in [1.82, 2.24) is 4.57 Å². The van der Waals surface area contributed by atoms with Crippen LogP contribution in [-0.2, 0) is 0 Å². The Bertz CT molecular complexity index is 4260. The van der Waals surface area contributed by atoms with Crippen molar-refractivity contribution < 1.29 is 4.42 Å². The topological polar surface area (TPSA) is 21.3 Å². The minimum atomic E-state index is 0.875. The second kappa shape index (κ2) is 15.7. The molecule has 0 amide bonds. The molecule has 0 unspecified atom stereocenters. The Labute approximate surface area is 399 Å². The zero-order chi connectivity index (χ0) is 45.4. The summed E-state index contributed by atoms with van der Waals surface area (Å²) in [6, 6.07) is 92.5. The Kier molecular flexibility index (Phi) is 8.90. The highest BCUT2D eigenvalue weighted by molar-refractivity contribution is 6.20. The summed E-state index contributed by atoms with van der Waals surface area (Å²) in [6.07, 6.45) is 0. The molecule has 3 heteroatoms. The molecule has 12 aromatic carbocycles. The quantitative estimate of drug-likeness (QED) is 0.149. The highest BCUT2D eigenvalue weighted by atomic mass is 16.3. The van der Waals surface area contributed by atoms with E-state index in [0.717, 1.165) is 72.3 Å². The van der Waals surface area contributed by atoms with Crippen LogP contribution in [0.4, 0.5) is 17.1 Å². The van der Waals surface area contributed by atoms with Crippen molar-refractivity contribution in [2.75, 3.05) is 4.90 Å². The van der Waals surface area contributed by atoms with Crippen LogP contribution in [0.15, 0.2) is 259 Å². The standard InChI is InChI=1S/C66H42N2O/c1-4-20-52-44(15-1)35-40-59-65-58(26-14-30-64(65)69-66(52)59)57-25-9-10-27-61(57)67(49-38-33-45(34-39-49)60-42-47-16-2-3-19-51(47)53-21-5-6-22-54(53)60)48-36-31-43(32-37-48)46-17-13-18-50(41-46)68-62-28-11-7-23-55(62)56-24-8-12-29-63(56)68/h1-42H. The first kappa shape index (κ1) is 39.0. The minimum Gasteiger partial charge on any atom is -0.455 e. The highest BCUT2D eigenvalue weighted by Crippen LogP contribution is 2.47. The molecule has 14 aromatic rings. The largest absolute Gasteiger partial charge is 0.455 e. The molecule has 0 N–H and O–H groups in total. The van der Waals surface area contributed by atoms with Gasteiger partial charge in [0, 0.05) is 49.6 Å². The fraction of sp³-hybridized carbons (Fsp3) is 0. The summed E-state index contributed by atoms with van der Waals surface area (Å²) in [5.41, 5.74) is 15.5. The van der Waals surface area contributed by atoms with Crippen molar-refractivity contribution in [2.24, 2.45) is 0 Å². The molecule has 14 rings (SSSR count). The van der Waals surface area contributed by atoms with Gasteiger partial charge < -0.3 is 13.9 Å². The van der Waals surface area contributed by atoms with E-state index in [2.05, 4.69) is 264 Å². The van der Waals surface area contributed by atoms with Gasteiger partial charge in [-0.05, 0) is 128 Å². The second-order valence-corrected chi connectivity index (χ2v) is 18.0. The predicted octanol–water partition coefficient (Wildman–Crippen LogP) is 18.6. The molecule has 3 nitrogen and oxygen atoms in total. The van der Waals surface area contributed by atoms with E-state index in [4.69, 9.17) is 4.42 Å². The molecule has 69 heavy (non-hydrogen) atoms. The number of anilines is 3. The predicted molar refractivity (Wildman–Crippen MR) is 292 cm³/mol. The van der Waals surface area contributed by atoms with Crippen molar-refractivity contribution >= 4 is 93.1 Å². The number of furan rings is 1. The van der Waals surface area contributed by atoms with Crippen LogP contribution < -0.4 is 4.90 Å². The first-order chi connectivity index (χ1) is 34.2. The smallest absolute Gasteiger partial charge is 0.143 e. The number of hydrogen-bond donors (Lipinski definition) is 0. The van der Waals surface area contributed by atoms with Gasteiger partial charge in [0.05, 0.1) is 16.7 Å². The second-order valence-electron chi connectivity index (χ2n) is 18.0. The van der Waals surface area contributed by atoms with Gasteiger partial charge in [-0.25, -0.2) is 0 Å². The molecule has 0 radical (unpaired) electrons. The Morgan fingerprint density at radius 1 is 0.319 bits per heavy atom. The first-order valence-corrected chi connectivity index (χ1v) is 23.7. The zero-order valence-electron chi connectivity index (χ0n) is 37.6. The zero-order valence-corrected chi connectivity index (χ0v) is 37.6. The molecule has 322 valence electrons. The van der Waals surface area contributed by atoms with Gasteiger partial charge in [-0.3, -0.25) is 0 Å². The Hall–Kier alpha value is -9.18. The van der Waals surface area contributed by atoms with Crippen molar-refractivity contribution in [3.05, 3.63) is 255 Å².